The highest BCUT2D eigenvalue weighted by Gasteiger charge is 2.26. The van der Waals surface area contributed by atoms with E-state index in [-0.39, 0.29) is 12.8 Å². The fourth-order valence-corrected chi connectivity index (χ4v) is 1.95. The molecule has 0 bridgehead atoms. The van der Waals surface area contributed by atoms with Crippen molar-refractivity contribution >= 4 is 0 Å². The van der Waals surface area contributed by atoms with Crippen LogP contribution >= 0.6 is 0 Å². The average Bonchev–Trinajstić information content (AvgIpc) is 2.73. The summed E-state index contributed by atoms with van der Waals surface area (Å²) >= 11 is 0. The molecule has 0 saturated carbocycles. The summed E-state index contributed by atoms with van der Waals surface area (Å²) in [5.74, 6) is 2.50. The third-order valence-electron chi connectivity index (χ3n) is 2.60. The summed E-state index contributed by atoms with van der Waals surface area (Å²) in [5.41, 5.74) is 6.78. The lowest BCUT2D eigenvalue weighted by Crippen LogP contribution is -2.18. The molecule has 2 N–H and O–H groups in total. The molecule has 94 valence electrons. The molecular formula is C12H17NO4. The van der Waals surface area contributed by atoms with E-state index in [4.69, 9.17) is 24.7 Å². The van der Waals surface area contributed by atoms with E-state index in [1.165, 1.54) is 0 Å². The molecule has 1 aliphatic heterocycles. The van der Waals surface area contributed by atoms with Gasteiger partial charge in [0.25, 0.3) is 0 Å². The van der Waals surface area contributed by atoms with Gasteiger partial charge in [-0.15, -0.1) is 0 Å². The van der Waals surface area contributed by atoms with Gasteiger partial charge in [0.15, 0.2) is 11.5 Å². The van der Waals surface area contributed by atoms with Crippen LogP contribution in [0.2, 0.25) is 0 Å². The Kier molecular flexibility index (Phi) is 3.28. The average molecular weight is 239 g/mol. The second-order valence-electron chi connectivity index (χ2n) is 4.02. The van der Waals surface area contributed by atoms with E-state index in [9.17, 15) is 0 Å². The molecule has 0 spiro atoms. The normalized spacial score (nSPS) is 14.6. The smallest absolute Gasteiger partial charge is 0.231 e. The molecule has 5 heteroatoms. The lowest BCUT2D eigenvalue weighted by molar-refractivity contribution is 0.170. The first kappa shape index (κ1) is 11.9. The van der Waals surface area contributed by atoms with Crippen LogP contribution in [0.4, 0.5) is 0 Å². The molecular weight excluding hydrogens is 222 g/mol. The summed E-state index contributed by atoms with van der Waals surface area (Å²) in [6.45, 7) is 2.15. The molecule has 17 heavy (non-hydrogen) atoms. The van der Waals surface area contributed by atoms with Gasteiger partial charge in [0.1, 0.15) is 0 Å². The lowest BCUT2D eigenvalue weighted by atomic mass is 10.0. The fraction of sp³-hybridized carbons (Fsp3) is 0.500. The van der Waals surface area contributed by atoms with Crippen LogP contribution in [0.3, 0.4) is 0 Å². The number of hydrogen-bond donors (Lipinski definition) is 1. The molecule has 0 aromatic heterocycles. The number of benzene rings is 1. The van der Waals surface area contributed by atoms with Gasteiger partial charge in [0.2, 0.25) is 18.3 Å². The number of methoxy groups -OCH3 is 2. The van der Waals surface area contributed by atoms with Crippen LogP contribution in [0.15, 0.2) is 6.07 Å². The van der Waals surface area contributed by atoms with E-state index >= 15 is 0 Å². The second kappa shape index (κ2) is 4.71. The van der Waals surface area contributed by atoms with Crippen molar-refractivity contribution in [3.8, 4) is 23.0 Å². The zero-order chi connectivity index (χ0) is 12.4. The second-order valence-corrected chi connectivity index (χ2v) is 4.02. The Balaban J connectivity index is 2.51. The van der Waals surface area contributed by atoms with Crippen molar-refractivity contribution in [2.75, 3.05) is 21.0 Å². The van der Waals surface area contributed by atoms with E-state index in [0.717, 1.165) is 5.56 Å². The van der Waals surface area contributed by atoms with Gasteiger partial charge in [-0.1, -0.05) is 0 Å². The van der Waals surface area contributed by atoms with Crippen LogP contribution in [-0.4, -0.2) is 27.1 Å². The van der Waals surface area contributed by atoms with Crippen molar-refractivity contribution in [2.24, 2.45) is 5.73 Å². The molecule has 5 nitrogen and oxygen atoms in total. The lowest BCUT2D eigenvalue weighted by Gasteiger charge is -2.15. The van der Waals surface area contributed by atoms with E-state index in [1.54, 1.807) is 14.2 Å². The number of hydrogen-bond acceptors (Lipinski definition) is 5. The maximum Gasteiger partial charge on any atom is 0.231 e. The molecule has 2 rings (SSSR count). The summed E-state index contributed by atoms with van der Waals surface area (Å²) in [6, 6.07) is 1.93. The summed E-state index contributed by atoms with van der Waals surface area (Å²) in [4.78, 5) is 0. The number of rotatable bonds is 4. The van der Waals surface area contributed by atoms with Gasteiger partial charge in [-0.05, 0) is 19.4 Å². The summed E-state index contributed by atoms with van der Waals surface area (Å²) in [6.07, 6.45) is 0.691. The quantitative estimate of drug-likeness (QED) is 0.858. The monoisotopic (exact) mass is 239 g/mol. The minimum absolute atomic E-state index is 0.0361. The van der Waals surface area contributed by atoms with Gasteiger partial charge in [0, 0.05) is 11.6 Å². The minimum atomic E-state index is 0.0361. The highest BCUT2D eigenvalue weighted by Crippen LogP contribution is 2.49. The molecule has 0 fully saturated rings. The third kappa shape index (κ3) is 2.10. The van der Waals surface area contributed by atoms with Crippen LogP contribution in [-0.2, 0) is 6.42 Å². The minimum Gasteiger partial charge on any atom is -0.492 e. The first-order valence-electron chi connectivity index (χ1n) is 5.46. The third-order valence-corrected chi connectivity index (χ3v) is 2.60. The zero-order valence-corrected chi connectivity index (χ0v) is 10.3. The van der Waals surface area contributed by atoms with Crippen LogP contribution in [0.5, 0.6) is 23.0 Å². The summed E-state index contributed by atoms with van der Waals surface area (Å²) in [5, 5.41) is 0. The SMILES string of the molecule is COc1c(C[C@H](C)N)cc2c(c1OC)OCO2. The molecule has 0 aliphatic carbocycles. The highest BCUT2D eigenvalue weighted by atomic mass is 16.7. The van der Waals surface area contributed by atoms with Crippen LogP contribution in [0.1, 0.15) is 12.5 Å². The molecule has 1 aliphatic rings. The zero-order valence-electron chi connectivity index (χ0n) is 10.3. The topological polar surface area (TPSA) is 62.9 Å². The van der Waals surface area contributed by atoms with Gasteiger partial charge in [0.05, 0.1) is 14.2 Å². The predicted molar refractivity (Wildman–Crippen MR) is 63.0 cm³/mol. The van der Waals surface area contributed by atoms with Crippen molar-refractivity contribution < 1.29 is 18.9 Å². The van der Waals surface area contributed by atoms with Crippen molar-refractivity contribution in [1.82, 2.24) is 0 Å². The maximum atomic E-state index is 5.82. The molecule has 1 aromatic rings. The maximum absolute atomic E-state index is 5.82. The molecule has 0 saturated heterocycles. The fourth-order valence-electron chi connectivity index (χ4n) is 1.95. The first-order valence-corrected chi connectivity index (χ1v) is 5.46. The van der Waals surface area contributed by atoms with Gasteiger partial charge >= 0.3 is 0 Å². The molecule has 1 aromatic carbocycles. The van der Waals surface area contributed by atoms with E-state index in [1.807, 2.05) is 13.0 Å². The van der Waals surface area contributed by atoms with Crippen molar-refractivity contribution in [3.05, 3.63) is 11.6 Å². The Hall–Kier alpha value is -1.62. The van der Waals surface area contributed by atoms with Crippen LogP contribution in [0, 0.1) is 0 Å². The summed E-state index contributed by atoms with van der Waals surface area (Å²) in [7, 11) is 3.18. The Bertz CT molecular complexity index is 417. The predicted octanol–water partition coefficient (Wildman–Crippen LogP) is 1.32. The van der Waals surface area contributed by atoms with Crippen molar-refractivity contribution in [3.63, 3.8) is 0 Å². The van der Waals surface area contributed by atoms with E-state index in [2.05, 4.69) is 0 Å². The highest BCUT2D eigenvalue weighted by molar-refractivity contribution is 5.63. The Morgan fingerprint density at radius 2 is 2.00 bits per heavy atom. The number of ether oxygens (including phenoxy) is 4. The molecule has 0 radical (unpaired) electrons. The number of fused-ring (bicyclic) bond motifs is 1. The molecule has 1 heterocycles. The van der Waals surface area contributed by atoms with Gasteiger partial charge in [-0.2, -0.15) is 0 Å². The van der Waals surface area contributed by atoms with Crippen molar-refractivity contribution in [2.45, 2.75) is 19.4 Å². The Labute approximate surface area is 100 Å². The first-order chi connectivity index (χ1) is 8.17. The molecule has 1 atom stereocenters. The van der Waals surface area contributed by atoms with Gasteiger partial charge in [-0.25, -0.2) is 0 Å². The number of nitrogens with two attached hydrogens (primary N) is 1. The van der Waals surface area contributed by atoms with Crippen LogP contribution in [0.25, 0.3) is 0 Å². The van der Waals surface area contributed by atoms with Crippen molar-refractivity contribution in [1.29, 1.82) is 0 Å². The standard InChI is InChI=1S/C12H17NO4/c1-7(13)4-8-5-9-11(17-6-16-9)12(15-3)10(8)14-2/h5,7H,4,6,13H2,1-3H3/t7-/m0/s1. The Morgan fingerprint density at radius 3 is 2.59 bits per heavy atom. The largest absolute Gasteiger partial charge is 0.492 e. The summed E-state index contributed by atoms with van der Waals surface area (Å²) < 4.78 is 21.4. The molecule has 0 unspecified atom stereocenters. The van der Waals surface area contributed by atoms with Gasteiger partial charge in [-0.3, -0.25) is 0 Å². The Morgan fingerprint density at radius 1 is 1.29 bits per heavy atom. The molecule has 0 amide bonds. The van der Waals surface area contributed by atoms with Gasteiger partial charge < -0.3 is 24.7 Å². The van der Waals surface area contributed by atoms with E-state index < -0.39 is 0 Å². The van der Waals surface area contributed by atoms with Crippen LogP contribution < -0.4 is 24.7 Å². The van der Waals surface area contributed by atoms with E-state index in [0.29, 0.717) is 29.4 Å².